The topological polar surface area (TPSA) is 83.1 Å². The first kappa shape index (κ1) is 16.3. The van der Waals surface area contributed by atoms with Gasteiger partial charge >= 0.3 is 0 Å². The lowest BCUT2D eigenvalue weighted by Crippen LogP contribution is -2.35. The minimum Gasteiger partial charge on any atom is -0.496 e. The quantitative estimate of drug-likeness (QED) is 0.298. The van der Waals surface area contributed by atoms with E-state index >= 15 is 0 Å². The molecule has 0 aromatic heterocycles. The van der Waals surface area contributed by atoms with Gasteiger partial charge in [-0.25, -0.2) is 0 Å². The fraction of sp³-hybridized carbons (Fsp3) is 0.500. The largest absolute Gasteiger partial charge is 0.496 e. The molecule has 0 heterocycles. The SMILES string of the molecule is COc1cc(CNCC(C)N(C)C)ccc1/C(N)=N/O. The summed E-state index contributed by atoms with van der Waals surface area (Å²) >= 11 is 0. The van der Waals surface area contributed by atoms with Crippen LogP contribution in [-0.4, -0.2) is 49.7 Å². The van der Waals surface area contributed by atoms with E-state index in [4.69, 9.17) is 15.7 Å². The number of nitrogens with one attached hydrogen (secondary N) is 1. The Kier molecular flexibility index (Phi) is 6.27. The molecule has 0 saturated heterocycles. The number of nitrogens with two attached hydrogens (primary N) is 1. The van der Waals surface area contributed by atoms with Crippen LogP contribution in [0.15, 0.2) is 23.4 Å². The van der Waals surface area contributed by atoms with Gasteiger partial charge in [-0.2, -0.15) is 0 Å². The van der Waals surface area contributed by atoms with Crippen molar-refractivity contribution in [3.8, 4) is 5.75 Å². The van der Waals surface area contributed by atoms with Gasteiger partial charge in [0.15, 0.2) is 5.84 Å². The smallest absolute Gasteiger partial charge is 0.173 e. The molecule has 0 bridgehead atoms. The molecule has 0 spiro atoms. The van der Waals surface area contributed by atoms with Gasteiger partial charge in [0, 0.05) is 19.1 Å². The van der Waals surface area contributed by atoms with Gasteiger partial charge in [-0.3, -0.25) is 0 Å². The third kappa shape index (κ3) is 4.40. The normalized spacial score (nSPS) is 13.6. The van der Waals surface area contributed by atoms with Crippen molar-refractivity contribution >= 4 is 5.84 Å². The number of oxime groups is 1. The summed E-state index contributed by atoms with van der Waals surface area (Å²) in [5, 5.41) is 15.1. The zero-order valence-electron chi connectivity index (χ0n) is 12.6. The average molecular weight is 280 g/mol. The maximum atomic E-state index is 8.72. The maximum Gasteiger partial charge on any atom is 0.173 e. The van der Waals surface area contributed by atoms with Gasteiger partial charge in [-0.1, -0.05) is 11.2 Å². The van der Waals surface area contributed by atoms with Gasteiger partial charge in [0.2, 0.25) is 0 Å². The first-order valence-corrected chi connectivity index (χ1v) is 6.51. The first-order valence-electron chi connectivity index (χ1n) is 6.51. The van der Waals surface area contributed by atoms with Gasteiger partial charge in [0.25, 0.3) is 0 Å². The van der Waals surface area contributed by atoms with Gasteiger partial charge < -0.3 is 25.9 Å². The Morgan fingerprint density at radius 1 is 1.50 bits per heavy atom. The Hall–Kier alpha value is -1.79. The Morgan fingerprint density at radius 2 is 2.20 bits per heavy atom. The Balaban J connectivity index is 2.69. The summed E-state index contributed by atoms with van der Waals surface area (Å²) in [5.41, 5.74) is 7.26. The summed E-state index contributed by atoms with van der Waals surface area (Å²) in [6, 6.07) is 6.08. The van der Waals surface area contributed by atoms with E-state index in [0.717, 1.165) is 18.7 Å². The molecule has 0 amide bonds. The number of benzene rings is 1. The van der Waals surface area contributed by atoms with Crippen molar-refractivity contribution in [2.24, 2.45) is 10.9 Å². The lowest BCUT2D eigenvalue weighted by atomic mass is 10.1. The van der Waals surface area contributed by atoms with E-state index in [0.29, 0.717) is 17.4 Å². The van der Waals surface area contributed by atoms with Crippen molar-refractivity contribution in [1.82, 2.24) is 10.2 Å². The first-order chi connectivity index (χ1) is 9.49. The third-order valence-corrected chi connectivity index (χ3v) is 3.30. The van der Waals surface area contributed by atoms with Crippen LogP contribution in [0.25, 0.3) is 0 Å². The molecule has 0 aliphatic carbocycles. The molecule has 1 rings (SSSR count). The monoisotopic (exact) mass is 280 g/mol. The van der Waals surface area contributed by atoms with Crippen LogP contribution in [0.5, 0.6) is 5.75 Å². The summed E-state index contributed by atoms with van der Waals surface area (Å²) in [6.45, 7) is 3.80. The lowest BCUT2D eigenvalue weighted by Gasteiger charge is -2.20. The molecule has 0 aliphatic rings. The van der Waals surface area contributed by atoms with Gasteiger partial charge in [0.1, 0.15) is 5.75 Å². The van der Waals surface area contributed by atoms with Gasteiger partial charge in [-0.15, -0.1) is 0 Å². The van der Waals surface area contributed by atoms with Crippen LogP contribution in [0.3, 0.4) is 0 Å². The molecule has 112 valence electrons. The molecule has 1 atom stereocenters. The van der Waals surface area contributed by atoms with Crippen LogP contribution in [0.4, 0.5) is 0 Å². The highest BCUT2D eigenvalue weighted by Gasteiger charge is 2.09. The summed E-state index contributed by atoms with van der Waals surface area (Å²) < 4.78 is 5.27. The second-order valence-corrected chi connectivity index (χ2v) is 4.96. The van der Waals surface area contributed by atoms with E-state index in [9.17, 15) is 0 Å². The molecule has 0 aliphatic heterocycles. The van der Waals surface area contributed by atoms with Crippen LogP contribution in [-0.2, 0) is 6.54 Å². The van der Waals surface area contributed by atoms with Crippen molar-refractivity contribution in [3.63, 3.8) is 0 Å². The number of ether oxygens (including phenoxy) is 1. The van der Waals surface area contributed by atoms with Crippen LogP contribution in [0.1, 0.15) is 18.1 Å². The Labute approximate surface area is 120 Å². The van der Waals surface area contributed by atoms with E-state index in [1.807, 2.05) is 12.1 Å². The van der Waals surface area contributed by atoms with Crippen molar-refractivity contribution in [2.45, 2.75) is 19.5 Å². The van der Waals surface area contributed by atoms with Crippen molar-refractivity contribution in [1.29, 1.82) is 0 Å². The Bertz CT molecular complexity index is 460. The summed E-state index contributed by atoms with van der Waals surface area (Å²) in [5.74, 6) is 0.642. The molecule has 1 unspecified atom stereocenters. The summed E-state index contributed by atoms with van der Waals surface area (Å²) in [4.78, 5) is 2.16. The number of hydrogen-bond acceptors (Lipinski definition) is 5. The zero-order chi connectivity index (χ0) is 15.1. The number of rotatable bonds is 7. The molecule has 6 nitrogen and oxygen atoms in total. The van der Waals surface area contributed by atoms with Crippen LogP contribution in [0.2, 0.25) is 0 Å². The summed E-state index contributed by atoms with van der Waals surface area (Å²) in [7, 11) is 5.68. The molecular formula is C14H24N4O2. The fourth-order valence-electron chi connectivity index (χ4n) is 1.72. The third-order valence-electron chi connectivity index (χ3n) is 3.30. The number of amidine groups is 1. The number of likely N-dealkylation sites (N-methyl/N-ethyl adjacent to an activating group) is 1. The minimum atomic E-state index is 0.0441. The molecule has 20 heavy (non-hydrogen) atoms. The molecule has 0 saturated carbocycles. The zero-order valence-corrected chi connectivity index (χ0v) is 12.6. The van der Waals surface area contributed by atoms with E-state index in [1.54, 1.807) is 13.2 Å². The molecule has 0 fully saturated rings. The summed E-state index contributed by atoms with van der Waals surface area (Å²) in [6.07, 6.45) is 0. The molecule has 1 aromatic rings. The predicted molar refractivity (Wildman–Crippen MR) is 80.4 cm³/mol. The lowest BCUT2D eigenvalue weighted by molar-refractivity contribution is 0.302. The van der Waals surface area contributed by atoms with Crippen molar-refractivity contribution < 1.29 is 9.94 Å². The van der Waals surface area contributed by atoms with Crippen LogP contribution < -0.4 is 15.8 Å². The highest BCUT2D eigenvalue weighted by Crippen LogP contribution is 2.20. The highest BCUT2D eigenvalue weighted by molar-refractivity contribution is 5.99. The standard InChI is InChI=1S/C14H24N4O2/c1-10(18(2)3)8-16-9-11-5-6-12(14(15)17-19)13(7-11)20-4/h5-7,10,16,19H,8-9H2,1-4H3,(H2,15,17). The van der Waals surface area contributed by atoms with Gasteiger partial charge in [0.05, 0.1) is 12.7 Å². The molecule has 4 N–H and O–H groups in total. The average Bonchev–Trinajstić information content (AvgIpc) is 2.45. The van der Waals surface area contributed by atoms with Crippen LogP contribution >= 0.6 is 0 Å². The van der Waals surface area contributed by atoms with Gasteiger partial charge in [-0.05, 0) is 38.7 Å². The molecule has 6 heteroatoms. The number of methoxy groups -OCH3 is 1. The fourth-order valence-corrected chi connectivity index (χ4v) is 1.72. The second-order valence-electron chi connectivity index (χ2n) is 4.96. The minimum absolute atomic E-state index is 0.0441. The molecular weight excluding hydrogens is 256 g/mol. The van der Waals surface area contributed by atoms with Crippen LogP contribution in [0, 0.1) is 0 Å². The van der Waals surface area contributed by atoms with E-state index in [2.05, 4.69) is 36.4 Å². The second kappa shape index (κ2) is 7.72. The number of hydrogen-bond donors (Lipinski definition) is 3. The predicted octanol–water partition coefficient (Wildman–Crippen LogP) is 0.829. The van der Waals surface area contributed by atoms with E-state index < -0.39 is 0 Å². The maximum absolute atomic E-state index is 8.72. The highest BCUT2D eigenvalue weighted by atomic mass is 16.5. The molecule has 0 radical (unpaired) electrons. The van der Waals surface area contributed by atoms with Crippen molar-refractivity contribution in [2.75, 3.05) is 27.7 Å². The Morgan fingerprint density at radius 3 is 2.75 bits per heavy atom. The van der Waals surface area contributed by atoms with Crippen molar-refractivity contribution in [3.05, 3.63) is 29.3 Å². The van der Waals surface area contributed by atoms with E-state index in [1.165, 1.54) is 0 Å². The number of nitrogens with zero attached hydrogens (tertiary/aromatic N) is 2. The van der Waals surface area contributed by atoms with E-state index in [-0.39, 0.29) is 5.84 Å². The molecule has 1 aromatic carbocycles.